The van der Waals surface area contributed by atoms with E-state index in [1.165, 1.54) is 20.3 Å². The van der Waals surface area contributed by atoms with Gasteiger partial charge in [0.05, 0.1) is 19.8 Å². The lowest BCUT2D eigenvalue weighted by Crippen LogP contribution is -2.30. The highest BCUT2D eigenvalue weighted by molar-refractivity contribution is 6.01. The summed E-state index contributed by atoms with van der Waals surface area (Å²) in [6.07, 6.45) is 1.50. The lowest BCUT2D eigenvalue weighted by atomic mass is 10.1. The molecule has 0 atom stereocenters. The number of nitriles is 1. The Morgan fingerprint density at radius 2 is 1.80 bits per heavy atom. The molecule has 7 nitrogen and oxygen atoms in total. The van der Waals surface area contributed by atoms with E-state index in [0.29, 0.717) is 22.6 Å². The molecule has 156 valence electrons. The van der Waals surface area contributed by atoms with Gasteiger partial charge in [-0.05, 0) is 55.3 Å². The van der Waals surface area contributed by atoms with Crippen molar-refractivity contribution in [2.75, 3.05) is 14.2 Å². The molecule has 0 aliphatic heterocycles. The van der Waals surface area contributed by atoms with Gasteiger partial charge in [-0.25, -0.2) is 4.79 Å². The fourth-order valence-electron chi connectivity index (χ4n) is 2.56. The molecule has 0 saturated heterocycles. The summed E-state index contributed by atoms with van der Waals surface area (Å²) in [6.45, 7) is 3.92. The van der Waals surface area contributed by atoms with E-state index < -0.39 is 11.9 Å². The van der Waals surface area contributed by atoms with Gasteiger partial charge in [-0.1, -0.05) is 18.2 Å². The summed E-state index contributed by atoms with van der Waals surface area (Å²) in [4.78, 5) is 23.6. The van der Waals surface area contributed by atoms with E-state index in [9.17, 15) is 14.9 Å². The highest BCUT2D eigenvalue weighted by Crippen LogP contribution is 2.29. The number of amides is 1. The van der Waals surface area contributed by atoms with E-state index in [1.807, 2.05) is 19.9 Å². The van der Waals surface area contributed by atoms with Crippen LogP contribution >= 0.6 is 0 Å². The Balaban J connectivity index is 2.14. The second kappa shape index (κ2) is 10.7. The summed E-state index contributed by atoms with van der Waals surface area (Å²) >= 11 is 0. The van der Waals surface area contributed by atoms with Gasteiger partial charge < -0.3 is 19.5 Å². The lowest BCUT2D eigenvalue weighted by Gasteiger charge is -2.12. The summed E-state index contributed by atoms with van der Waals surface area (Å²) in [5.74, 6) is 0.155. The average molecular weight is 408 g/mol. The minimum atomic E-state index is -0.429. The zero-order chi connectivity index (χ0) is 22.1. The molecular weight excluding hydrogens is 384 g/mol. The van der Waals surface area contributed by atoms with E-state index >= 15 is 0 Å². The van der Waals surface area contributed by atoms with E-state index in [-0.39, 0.29) is 18.2 Å². The first-order valence-corrected chi connectivity index (χ1v) is 9.28. The van der Waals surface area contributed by atoms with Crippen LogP contribution in [0, 0.1) is 11.3 Å². The number of esters is 1. The second-order valence-electron chi connectivity index (χ2n) is 6.69. The van der Waals surface area contributed by atoms with Crippen LogP contribution in [0.3, 0.4) is 0 Å². The van der Waals surface area contributed by atoms with Crippen LogP contribution in [0.15, 0.2) is 48.0 Å². The Morgan fingerprint density at radius 3 is 2.37 bits per heavy atom. The Kier molecular flexibility index (Phi) is 8.00. The van der Waals surface area contributed by atoms with Crippen molar-refractivity contribution >= 4 is 18.0 Å². The van der Waals surface area contributed by atoms with Crippen molar-refractivity contribution in [2.45, 2.75) is 26.5 Å². The molecular formula is C23H24N2O5. The number of nitrogens with one attached hydrogen (secondary N) is 1. The zero-order valence-electron chi connectivity index (χ0n) is 17.4. The number of nitrogens with zero attached hydrogens (tertiary/aromatic N) is 1. The van der Waals surface area contributed by atoms with Gasteiger partial charge >= 0.3 is 5.97 Å². The molecule has 0 saturated carbocycles. The third-order valence-corrected chi connectivity index (χ3v) is 4.05. The maximum atomic E-state index is 12.1. The van der Waals surface area contributed by atoms with Gasteiger partial charge in [0.25, 0.3) is 5.91 Å². The number of hydrogen-bond acceptors (Lipinski definition) is 6. The molecule has 0 heterocycles. The number of carbonyl (C=O) groups is 2. The minimum Gasteiger partial charge on any atom is -0.493 e. The van der Waals surface area contributed by atoms with Gasteiger partial charge in [0.15, 0.2) is 11.5 Å². The molecule has 0 aliphatic rings. The van der Waals surface area contributed by atoms with Crippen LogP contribution in [0.5, 0.6) is 11.5 Å². The van der Waals surface area contributed by atoms with Crippen LogP contribution < -0.4 is 14.8 Å². The predicted octanol–water partition coefficient (Wildman–Crippen LogP) is 3.49. The molecule has 1 amide bonds. The number of benzene rings is 2. The number of hydrogen-bond donors (Lipinski definition) is 1. The van der Waals surface area contributed by atoms with Crippen LogP contribution in [0.4, 0.5) is 0 Å². The van der Waals surface area contributed by atoms with Crippen LogP contribution in [0.2, 0.25) is 0 Å². The quantitative estimate of drug-likeness (QED) is 0.408. The summed E-state index contributed by atoms with van der Waals surface area (Å²) in [6, 6.07) is 13.9. The molecule has 7 heteroatoms. The molecule has 1 N–H and O–H groups in total. The maximum absolute atomic E-state index is 12.1. The average Bonchev–Trinajstić information content (AvgIpc) is 2.75. The Labute approximate surface area is 175 Å². The third-order valence-electron chi connectivity index (χ3n) is 4.05. The second-order valence-corrected chi connectivity index (χ2v) is 6.69. The van der Waals surface area contributed by atoms with Crippen molar-refractivity contribution in [3.63, 3.8) is 0 Å². The highest BCUT2D eigenvalue weighted by Gasteiger charge is 2.12. The van der Waals surface area contributed by atoms with E-state index in [2.05, 4.69) is 10.1 Å². The molecule has 30 heavy (non-hydrogen) atoms. The molecule has 2 rings (SSSR count). The molecule has 0 unspecified atom stereocenters. The van der Waals surface area contributed by atoms with Gasteiger partial charge in [0, 0.05) is 6.04 Å². The molecule has 0 aromatic heterocycles. The minimum absolute atomic E-state index is 0.00474. The fraction of sp³-hybridized carbons (Fsp3) is 0.261. The number of methoxy groups -OCH3 is 2. The number of ether oxygens (including phenoxy) is 3. The molecule has 2 aromatic carbocycles. The molecule has 0 radical (unpaired) electrons. The standard InChI is InChI=1S/C23H24N2O5/c1-15(2)25-22(26)19(13-24)11-17-7-10-20(21(12-17)28-3)30-14-16-5-8-18(9-6-16)23(27)29-4/h5-12,15H,14H2,1-4H3,(H,25,26)/b19-11+. The van der Waals surface area contributed by atoms with E-state index in [1.54, 1.807) is 42.5 Å². The van der Waals surface area contributed by atoms with Crippen LogP contribution in [0.1, 0.15) is 35.3 Å². The summed E-state index contributed by atoms with van der Waals surface area (Å²) in [7, 11) is 2.85. The highest BCUT2D eigenvalue weighted by atomic mass is 16.5. The molecule has 0 bridgehead atoms. The topological polar surface area (TPSA) is 97.7 Å². The molecule has 0 fully saturated rings. The van der Waals surface area contributed by atoms with Crippen molar-refractivity contribution < 1.29 is 23.8 Å². The van der Waals surface area contributed by atoms with Crippen molar-refractivity contribution in [2.24, 2.45) is 0 Å². The SMILES string of the molecule is COC(=O)c1ccc(COc2ccc(/C=C(\C#N)C(=O)NC(C)C)cc2OC)cc1. The van der Waals surface area contributed by atoms with Crippen molar-refractivity contribution in [3.05, 3.63) is 64.7 Å². The van der Waals surface area contributed by atoms with E-state index in [4.69, 9.17) is 9.47 Å². The molecule has 0 spiro atoms. The van der Waals surface area contributed by atoms with Gasteiger partial charge in [-0.2, -0.15) is 5.26 Å². The first-order valence-electron chi connectivity index (χ1n) is 9.28. The summed E-state index contributed by atoms with van der Waals surface area (Å²) in [5.41, 5.74) is 1.97. The summed E-state index contributed by atoms with van der Waals surface area (Å²) in [5, 5.41) is 12.0. The third kappa shape index (κ3) is 6.11. The van der Waals surface area contributed by atoms with Gasteiger partial charge in [0.2, 0.25) is 0 Å². The van der Waals surface area contributed by atoms with Crippen molar-refractivity contribution in [1.29, 1.82) is 5.26 Å². The Bertz CT molecular complexity index is 972. The smallest absolute Gasteiger partial charge is 0.337 e. The lowest BCUT2D eigenvalue weighted by molar-refractivity contribution is -0.117. The Hall–Kier alpha value is -3.79. The van der Waals surface area contributed by atoms with Gasteiger partial charge in [-0.3, -0.25) is 4.79 Å². The van der Waals surface area contributed by atoms with E-state index in [0.717, 1.165) is 5.56 Å². The first kappa shape index (κ1) is 22.5. The molecule has 0 aliphatic carbocycles. The van der Waals surface area contributed by atoms with Crippen LogP contribution in [-0.4, -0.2) is 32.1 Å². The first-order chi connectivity index (χ1) is 14.4. The van der Waals surface area contributed by atoms with Crippen molar-refractivity contribution in [3.8, 4) is 17.6 Å². The summed E-state index contributed by atoms with van der Waals surface area (Å²) < 4.78 is 15.9. The van der Waals surface area contributed by atoms with Gasteiger partial charge in [-0.15, -0.1) is 0 Å². The van der Waals surface area contributed by atoms with Crippen LogP contribution in [-0.2, 0) is 16.1 Å². The molecule has 2 aromatic rings. The largest absolute Gasteiger partial charge is 0.493 e. The van der Waals surface area contributed by atoms with Gasteiger partial charge in [0.1, 0.15) is 18.2 Å². The number of rotatable bonds is 8. The monoisotopic (exact) mass is 408 g/mol. The van der Waals surface area contributed by atoms with Crippen molar-refractivity contribution in [1.82, 2.24) is 5.32 Å². The Morgan fingerprint density at radius 1 is 1.10 bits per heavy atom. The fourth-order valence-corrected chi connectivity index (χ4v) is 2.56. The van der Waals surface area contributed by atoms with Crippen LogP contribution in [0.25, 0.3) is 6.08 Å². The maximum Gasteiger partial charge on any atom is 0.337 e. The zero-order valence-corrected chi connectivity index (χ0v) is 17.4. The normalized spacial score (nSPS) is 10.9. The number of carbonyl (C=O) groups excluding carboxylic acids is 2. The predicted molar refractivity (Wildman–Crippen MR) is 112 cm³/mol.